The molecule has 108 valence electrons. The number of benzene rings is 1. The second kappa shape index (κ2) is 8.25. The molecule has 1 rings (SSSR count). The highest BCUT2D eigenvalue weighted by molar-refractivity contribution is 5.20. The molecule has 2 atom stereocenters. The lowest BCUT2D eigenvalue weighted by Crippen LogP contribution is -2.30. The quantitative estimate of drug-likeness (QED) is 0.738. The van der Waals surface area contributed by atoms with Crippen LogP contribution in [0.25, 0.3) is 0 Å². The van der Waals surface area contributed by atoms with E-state index in [-0.39, 0.29) is 24.1 Å². The molecule has 0 aliphatic carbocycles. The molecule has 4 heteroatoms. The van der Waals surface area contributed by atoms with Gasteiger partial charge in [-0.25, -0.2) is 4.39 Å². The highest BCUT2D eigenvalue weighted by Crippen LogP contribution is 2.22. The van der Waals surface area contributed by atoms with Gasteiger partial charge in [0.1, 0.15) is 5.82 Å². The van der Waals surface area contributed by atoms with Crippen LogP contribution in [0, 0.1) is 5.82 Å². The summed E-state index contributed by atoms with van der Waals surface area (Å²) in [6.07, 6.45) is 0.652. The topological polar surface area (TPSA) is 44.5 Å². The lowest BCUT2D eigenvalue weighted by molar-refractivity contribution is -0.0225. The number of halogens is 1. The van der Waals surface area contributed by atoms with Gasteiger partial charge >= 0.3 is 0 Å². The van der Waals surface area contributed by atoms with Gasteiger partial charge < -0.3 is 15.2 Å². The molecule has 0 bridgehead atoms. The average Bonchev–Trinajstić information content (AvgIpc) is 2.37. The molecule has 0 spiro atoms. The standard InChI is InChI=1S/C15H24FNO2/c1-4-14(17)15(19-9-8-18-11(2)3)12-6-5-7-13(16)10-12/h5-7,10-11,14-15H,4,8-9,17H2,1-3H3. The van der Waals surface area contributed by atoms with Crippen molar-refractivity contribution in [1.82, 2.24) is 0 Å². The highest BCUT2D eigenvalue weighted by atomic mass is 19.1. The van der Waals surface area contributed by atoms with Crippen molar-refractivity contribution >= 4 is 0 Å². The Balaban J connectivity index is 2.62. The number of rotatable bonds is 8. The largest absolute Gasteiger partial charge is 0.376 e. The average molecular weight is 269 g/mol. The van der Waals surface area contributed by atoms with E-state index in [0.717, 1.165) is 12.0 Å². The maximum absolute atomic E-state index is 13.3. The Hall–Kier alpha value is -0.970. The van der Waals surface area contributed by atoms with Crippen LogP contribution in [-0.4, -0.2) is 25.4 Å². The van der Waals surface area contributed by atoms with Crippen LogP contribution in [0.1, 0.15) is 38.9 Å². The van der Waals surface area contributed by atoms with Crippen molar-refractivity contribution in [3.8, 4) is 0 Å². The van der Waals surface area contributed by atoms with Gasteiger partial charge in [0.15, 0.2) is 0 Å². The summed E-state index contributed by atoms with van der Waals surface area (Å²) in [7, 11) is 0. The second-order valence-corrected chi connectivity index (χ2v) is 4.84. The Bertz CT molecular complexity index is 371. The van der Waals surface area contributed by atoms with Crippen molar-refractivity contribution in [2.75, 3.05) is 13.2 Å². The molecular weight excluding hydrogens is 245 g/mol. The maximum Gasteiger partial charge on any atom is 0.123 e. The number of ether oxygens (including phenoxy) is 2. The van der Waals surface area contributed by atoms with Crippen molar-refractivity contribution < 1.29 is 13.9 Å². The van der Waals surface area contributed by atoms with Crippen molar-refractivity contribution in [1.29, 1.82) is 0 Å². The zero-order chi connectivity index (χ0) is 14.3. The van der Waals surface area contributed by atoms with Crippen LogP contribution in [0.3, 0.4) is 0 Å². The Labute approximate surface area is 114 Å². The third kappa shape index (κ3) is 5.68. The van der Waals surface area contributed by atoms with Crippen LogP contribution >= 0.6 is 0 Å². The van der Waals surface area contributed by atoms with E-state index in [0.29, 0.717) is 13.2 Å². The summed E-state index contributed by atoms with van der Waals surface area (Å²) in [5.74, 6) is -0.271. The minimum absolute atomic E-state index is 0.152. The maximum atomic E-state index is 13.3. The van der Waals surface area contributed by atoms with Gasteiger partial charge in [0, 0.05) is 6.04 Å². The van der Waals surface area contributed by atoms with Crippen LogP contribution in [0.4, 0.5) is 4.39 Å². The molecule has 0 fully saturated rings. The van der Waals surface area contributed by atoms with Gasteiger partial charge in [0.25, 0.3) is 0 Å². The fourth-order valence-electron chi connectivity index (χ4n) is 1.82. The lowest BCUT2D eigenvalue weighted by atomic mass is 10.0. The molecule has 0 aromatic heterocycles. The predicted molar refractivity (Wildman–Crippen MR) is 74.4 cm³/mol. The molecule has 19 heavy (non-hydrogen) atoms. The van der Waals surface area contributed by atoms with E-state index in [1.165, 1.54) is 12.1 Å². The molecule has 0 aliphatic heterocycles. The third-order valence-electron chi connectivity index (χ3n) is 2.87. The highest BCUT2D eigenvalue weighted by Gasteiger charge is 2.19. The van der Waals surface area contributed by atoms with E-state index in [1.807, 2.05) is 26.8 Å². The molecule has 0 aliphatic rings. The molecule has 2 unspecified atom stereocenters. The zero-order valence-electron chi connectivity index (χ0n) is 11.9. The van der Waals surface area contributed by atoms with Gasteiger partial charge in [-0.1, -0.05) is 19.1 Å². The first-order valence-corrected chi connectivity index (χ1v) is 6.78. The number of nitrogens with two attached hydrogens (primary N) is 1. The van der Waals surface area contributed by atoms with E-state index < -0.39 is 0 Å². The Kier molecular flexibility index (Phi) is 6.99. The second-order valence-electron chi connectivity index (χ2n) is 4.84. The Morgan fingerprint density at radius 1 is 1.21 bits per heavy atom. The van der Waals surface area contributed by atoms with Crippen molar-refractivity contribution in [2.45, 2.75) is 45.4 Å². The van der Waals surface area contributed by atoms with Gasteiger partial charge in [-0.15, -0.1) is 0 Å². The van der Waals surface area contributed by atoms with Gasteiger partial charge in [-0.05, 0) is 38.0 Å². The van der Waals surface area contributed by atoms with Crippen LogP contribution in [-0.2, 0) is 9.47 Å². The first-order chi connectivity index (χ1) is 9.04. The van der Waals surface area contributed by atoms with E-state index in [4.69, 9.17) is 15.2 Å². The van der Waals surface area contributed by atoms with Gasteiger partial charge in [-0.3, -0.25) is 0 Å². The van der Waals surface area contributed by atoms with Crippen LogP contribution < -0.4 is 5.73 Å². The monoisotopic (exact) mass is 269 g/mol. The van der Waals surface area contributed by atoms with Gasteiger partial charge in [-0.2, -0.15) is 0 Å². The van der Waals surface area contributed by atoms with Gasteiger partial charge in [0.2, 0.25) is 0 Å². The molecule has 1 aromatic carbocycles. The summed E-state index contributed by atoms with van der Waals surface area (Å²) in [5, 5.41) is 0. The van der Waals surface area contributed by atoms with E-state index in [1.54, 1.807) is 6.07 Å². The summed E-state index contributed by atoms with van der Waals surface area (Å²) in [6, 6.07) is 6.25. The Morgan fingerprint density at radius 2 is 1.89 bits per heavy atom. The fraction of sp³-hybridized carbons (Fsp3) is 0.600. The van der Waals surface area contributed by atoms with E-state index in [9.17, 15) is 4.39 Å². The van der Waals surface area contributed by atoms with Gasteiger partial charge in [0.05, 0.1) is 25.4 Å². The SMILES string of the molecule is CCC(N)C(OCCOC(C)C)c1cccc(F)c1. The summed E-state index contributed by atoms with van der Waals surface area (Å²) >= 11 is 0. The Morgan fingerprint density at radius 3 is 2.47 bits per heavy atom. The van der Waals surface area contributed by atoms with E-state index >= 15 is 0 Å². The van der Waals surface area contributed by atoms with E-state index in [2.05, 4.69) is 0 Å². The normalized spacial score (nSPS) is 14.6. The van der Waals surface area contributed by atoms with Crippen LogP contribution in [0.5, 0.6) is 0 Å². The van der Waals surface area contributed by atoms with Crippen LogP contribution in [0.15, 0.2) is 24.3 Å². The molecule has 2 N–H and O–H groups in total. The number of hydrogen-bond acceptors (Lipinski definition) is 3. The minimum Gasteiger partial charge on any atom is -0.376 e. The summed E-state index contributed by atoms with van der Waals surface area (Å²) in [4.78, 5) is 0. The lowest BCUT2D eigenvalue weighted by Gasteiger charge is -2.24. The molecular formula is C15H24FNO2. The molecule has 0 saturated carbocycles. The minimum atomic E-state index is -0.295. The summed E-state index contributed by atoms with van der Waals surface area (Å²) < 4.78 is 24.5. The summed E-state index contributed by atoms with van der Waals surface area (Å²) in [5.41, 5.74) is 6.83. The smallest absolute Gasteiger partial charge is 0.123 e. The number of hydrogen-bond donors (Lipinski definition) is 1. The summed E-state index contributed by atoms with van der Waals surface area (Å²) in [6.45, 7) is 6.90. The van der Waals surface area contributed by atoms with Crippen molar-refractivity contribution in [3.05, 3.63) is 35.6 Å². The first kappa shape index (κ1) is 16.1. The predicted octanol–water partition coefficient (Wildman–Crippen LogP) is 3.05. The van der Waals surface area contributed by atoms with Crippen molar-refractivity contribution in [3.63, 3.8) is 0 Å². The zero-order valence-corrected chi connectivity index (χ0v) is 11.9. The molecule has 0 amide bonds. The molecule has 1 aromatic rings. The molecule has 0 heterocycles. The first-order valence-electron chi connectivity index (χ1n) is 6.78. The molecule has 0 saturated heterocycles. The fourth-order valence-corrected chi connectivity index (χ4v) is 1.82. The molecule has 0 radical (unpaired) electrons. The molecule has 3 nitrogen and oxygen atoms in total. The third-order valence-corrected chi connectivity index (χ3v) is 2.87. The van der Waals surface area contributed by atoms with Crippen LogP contribution in [0.2, 0.25) is 0 Å². The van der Waals surface area contributed by atoms with Crippen molar-refractivity contribution in [2.24, 2.45) is 5.73 Å².